The maximum Gasteiger partial charge on any atom is 0.213 e. The third-order valence-corrected chi connectivity index (χ3v) is 2.35. The molecule has 1 aromatic carbocycles. The van der Waals surface area contributed by atoms with Crippen LogP contribution in [0.5, 0.6) is 0 Å². The van der Waals surface area contributed by atoms with E-state index >= 15 is 0 Å². The maximum atomic E-state index is 4.91. The van der Waals surface area contributed by atoms with E-state index in [1.54, 1.807) is 0 Å². The van der Waals surface area contributed by atoms with Crippen LogP contribution >= 0.6 is 12.2 Å². The first-order valence-electron chi connectivity index (χ1n) is 4.54. The third kappa shape index (κ3) is 1.61. The molecular weight excluding hydrogens is 194 g/mol. The van der Waals surface area contributed by atoms with Crippen LogP contribution in [0, 0.1) is 4.77 Å². The Labute approximate surface area is 87.2 Å². The van der Waals surface area contributed by atoms with Gasteiger partial charge in [0.15, 0.2) is 5.82 Å². The Kier molecular flexibility index (Phi) is 2.45. The summed E-state index contributed by atoms with van der Waals surface area (Å²) in [5.74, 6) is 0.812. The molecule has 1 heterocycles. The fraction of sp³-hybridized carbons (Fsp3) is 0.200. The van der Waals surface area contributed by atoms with Gasteiger partial charge in [-0.25, -0.2) is 0 Å². The zero-order chi connectivity index (χ0) is 9.97. The Bertz CT molecular complexity index is 484. The van der Waals surface area contributed by atoms with Crippen LogP contribution in [-0.4, -0.2) is 15.2 Å². The lowest BCUT2D eigenvalue weighted by Crippen LogP contribution is -1.88. The smallest absolute Gasteiger partial charge is 0.213 e. The Balaban J connectivity index is 2.55. The molecule has 0 spiro atoms. The van der Waals surface area contributed by atoms with Crippen LogP contribution in [0.4, 0.5) is 0 Å². The lowest BCUT2D eigenvalue weighted by molar-refractivity contribution is 1.07. The van der Waals surface area contributed by atoms with E-state index < -0.39 is 0 Å². The summed E-state index contributed by atoms with van der Waals surface area (Å²) in [6.07, 6.45) is 0.990. The van der Waals surface area contributed by atoms with Gasteiger partial charge in [0.25, 0.3) is 0 Å². The summed E-state index contributed by atoms with van der Waals surface area (Å²) >= 11 is 4.91. The van der Waals surface area contributed by atoms with Crippen LogP contribution in [-0.2, 0) is 6.42 Å². The van der Waals surface area contributed by atoms with Crippen molar-refractivity contribution in [2.24, 2.45) is 0 Å². The van der Waals surface area contributed by atoms with Crippen LogP contribution in [0.15, 0.2) is 24.3 Å². The molecule has 2 rings (SSSR count). The second-order valence-corrected chi connectivity index (χ2v) is 3.41. The molecule has 0 aliphatic carbocycles. The Morgan fingerprint density at radius 2 is 2.07 bits per heavy atom. The minimum absolute atomic E-state index is 0.492. The van der Waals surface area contributed by atoms with Crippen LogP contribution < -0.4 is 0 Å². The van der Waals surface area contributed by atoms with Crippen molar-refractivity contribution in [3.05, 3.63) is 34.6 Å². The number of nitrogens with zero attached hydrogens (tertiary/aromatic N) is 1. The normalized spacial score (nSPS) is 10.4. The second-order valence-electron chi connectivity index (χ2n) is 3.03. The molecule has 2 N–H and O–H groups in total. The highest BCUT2D eigenvalue weighted by Gasteiger charge is 2.04. The lowest BCUT2D eigenvalue weighted by Gasteiger charge is -2.02. The van der Waals surface area contributed by atoms with E-state index in [4.69, 9.17) is 12.2 Å². The highest BCUT2D eigenvalue weighted by atomic mass is 32.1. The molecular formula is C10H11N3S. The highest BCUT2D eigenvalue weighted by molar-refractivity contribution is 7.71. The van der Waals surface area contributed by atoms with E-state index in [0.29, 0.717) is 4.77 Å². The number of benzene rings is 1. The molecule has 0 saturated heterocycles. The number of rotatable bonds is 2. The molecule has 0 aliphatic rings. The van der Waals surface area contributed by atoms with Gasteiger partial charge < -0.3 is 0 Å². The number of aryl methyl sites for hydroxylation is 1. The predicted octanol–water partition coefficient (Wildman–Crippen LogP) is 2.70. The topological polar surface area (TPSA) is 44.5 Å². The van der Waals surface area contributed by atoms with E-state index in [2.05, 4.69) is 28.2 Å². The van der Waals surface area contributed by atoms with Crippen LogP contribution in [0.1, 0.15) is 12.5 Å². The summed E-state index contributed by atoms with van der Waals surface area (Å²) < 4.78 is 0.492. The lowest BCUT2D eigenvalue weighted by atomic mass is 10.1. The average Bonchev–Trinajstić information content (AvgIpc) is 2.65. The van der Waals surface area contributed by atoms with Gasteiger partial charge >= 0.3 is 0 Å². The first-order valence-corrected chi connectivity index (χ1v) is 4.95. The van der Waals surface area contributed by atoms with Crippen molar-refractivity contribution >= 4 is 12.2 Å². The first-order chi connectivity index (χ1) is 6.81. The largest absolute Gasteiger partial charge is 0.282 e. The fourth-order valence-electron chi connectivity index (χ4n) is 1.46. The number of aromatic amines is 2. The van der Waals surface area contributed by atoms with Crippen LogP contribution in [0.3, 0.4) is 0 Å². The number of hydrogen-bond acceptors (Lipinski definition) is 2. The van der Waals surface area contributed by atoms with E-state index in [9.17, 15) is 0 Å². The fourth-order valence-corrected chi connectivity index (χ4v) is 1.60. The minimum Gasteiger partial charge on any atom is -0.282 e. The van der Waals surface area contributed by atoms with E-state index in [1.165, 1.54) is 5.56 Å². The van der Waals surface area contributed by atoms with Gasteiger partial charge in [0.1, 0.15) is 0 Å². The van der Waals surface area contributed by atoms with Gasteiger partial charge in [0, 0.05) is 5.56 Å². The van der Waals surface area contributed by atoms with Crippen molar-refractivity contribution in [3.63, 3.8) is 0 Å². The predicted molar refractivity (Wildman–Crippen MR) is 58.6 cm³/mol. The van der Waals surface area contributed by atoms with Gasteiger partial charge in [0.05, 0.1) is 0 Å². The quantitative estimate of drug-likeness (QED) is 0.740. The van der Waals surface area contributed by atoms with E-state index in [0.717, 1.165) is 17.8 Å². The van der Waals surface area contributed by atoms with Crippen molar-refractivity contribution in [2.45, 2.75) is 13.3 Å². The number of nitrogens with one attached hydrogen (secondary N) is 2. The molecule has 0 amide bonds. The molecule has 0 bridgehead atoms. The standard InChI is InChI=1S/C10H11N3S/c1-2-7-5-3-4-6-8(7)9-11-10(14)13-12-9/h3-6H,2H2,1H3,(H2,11,12,13,14). The van der Waals surface area contributed by atoms with Crippen LogP contribution in [0.2, 0.25) is 0 Å². The average molecular weight is 205 g/mol. The van der Waals surface area contributed by atoms with Crippen molar-refractivity contribution in [1.29, 1.82) is 0 Å². The summed E-state index contributed by atoms with van der Waals surface area (Å²) in [5, 5.41) is 5.75. The Morgan fingerprint density at radius 3 is 2.71 bits per heavy atom. The molecule has 0 saturated carbocycles. The van der Waals surface area contributed by atoms with Gasteiger partial charge in [-0.15, -0.1) is 0 Å². The minimum atomic E-state index is 0.492. The van der Waals surface area contributed by atoms with Gasteiger partial charge in [-0.3, -0.25) is 10.2 Å². The van der Waals surface area contributed by atoms with Gasteiger partial charge in [-0.2, -0.15) is 4.98 Å². The number of hydrogen-bond donors (Lipinski definition) is 2. The van der Waals surface area contributed by atoms with Crippen molar-refractivity contribution in [3.8, 4) is 11.4 Å². The van der Waals surface area contributed by atoms with Crippen LogP contribution in [0.25, 0.3) is 11.4 Å². The number of aromatic nitrogens is 3. The summed E-state index contributed by atoms with van der Waals surface area (Å²) in [7, 11) is 0. The molecule has 0 atom stereocenters. The molecule has 0 radical (unpaired) electrons. The molecule has 72 valence electrons. The first kappa shape index (κ1) is 9.15. The monoisotopic (exact) mass is 205 g/mol. The highest BCUT2D eigenvalue weighted by Crippen LogP contribution is 2.19. The molecule has 14 heavy (non-hydrogen) atoms. The second kappa shape index (κ2) is 3.75. The summed E-state index contributed by atoms with van der Waals surface area (Å²) in [4.78, 5) is 4.19. The molecule has 0 unspecified atom stereocenters. The Morgan fingerprint density at radius 1 is 1.29 bits per heavy atom. The Hall–Kier alpha value is -1.42. The van der Waals surface area contributed by atoms with Crippen molar-refractivity contribution in [1.82, 2.24) is 15.2 Å². The molecule has 1 aromatic heterocycles. The molecule has 3 nitrogen and oxygen atoms in total. The van der Waals surface area contributed by atoms with Gasteiger partial charge in [-0.05, 0) is 24.2 Å². The summed E-state index contributed by atoms with van der Waals surface area (Å²) in [6.45, 7) is 2.13. The van der Waals surface area contributed by atoms with Crippen molar-refractivity contribution in [2.75, 3.05) is 0 Å². The summed E-state index contributed by atoms with van der Waals surface area (Å²) in [5.41, 5.74) is 2.38. The zero-order valence-electron chi connectivity index (χ0n) is 7.87. The summed E-state index contributed by atoms with van der Waals surface area (Å²) in [6, 6.07) is 8.17. The van der Waals surface area contributed by atoms with E-state index in [1.807, 2.05) is 18.2 Å². The van der Waals surface area contributed by atoms with Crippen molar-refractivity contribution < 1.29 is 0 Å². The molecule has 2 aromatic rings. The SMILES string of the molecule is CCc1ccccc1-c1nc(=S)[nH][nH]1. The van der Waals surface area contributed by atoms with E-state index in [-0.39, 0.29) is 0 Å². The number of H-pyrrole nitrogens is 2. The van der Waals surface area contributed by atoms with Gasteiger partial charge in [0.2, 0.25) is 4.77 Å². The van der Waals surface area contributed by atoms with Gasteiger partial charge in [-0.1, -0.05) is 31.2 Å². The molecule has 0 aliphatic heterocycles. The zero-order valence-corrected chi connectivity index (χ0v) is 8.69. The molecule has 0 fully saturated rings. The maximum absolute atomic E-state index is 4.91. The third-order valence-electron chi connectivity index (χ3n) is 2.15. The molecule has 4 heteroatoms.